The van der Waals surface area contributed by atoms with Gasteiger partial charge in [-0.15, -0.1) is 0 Å². The lowest BCUT2D eigenvalue weighted by Crippen LogP contribution is -2.02. The van der Waals surface area contributed by atoms with Crippen LogP contribution >= 0.6 is 11.6 Å². The molecule has 0 saturated heterocycles. The molecule has 0 atom stereocenters. The topological polar surface area (TPSA) is 17.1 Å². The Morgan fingerprint density at radius 1 is 0.895 bits per heavy atom. The van der Waals surface area contributed by atoms with E-state index in [0.29, 0.717) is 10.6 Å². The van der Waals surface area contributed by atoms with Gasteiger partial charge >= 0.3 is 0 Å². The Morgan fingerprint density at radius 2 is 1.58 bits per heavy atom. The number of benzene rings is 2. The zero-order valence-electron chi connectivity index (χ0n) is 10.7. The van der Waals surface area contributed by atoms with Crippen LogP contribution in [-0.4, -0.2) is 6.29 Å². The highest BCUT2D eigenvalue weighted by molar-refractivity contribution is 6.33. The van der Waals surface area contributed by atoms with Gasteiger partial charge in [-0.3, -0.25) is 4.79 Å². The predicted molar refractivity (Wildman–Crippen MR) is 78.9 cm³/mol. The molecule has 1 nitrogen and oxygen atoms in total. The van der Waals surface area contributed by atoms with Crippen molar-refractivity contribution >= 4 is 17.9 Å². The van der Waals surface area contributed by atoms with Crippen LogP contribution in [0, 0.1) is 0 Å². The average molecular weight is 271 g/mol. The standard InChI is InChI=1S/C17H15ClO/c18-17-8-7-15(10-16(17)11-19)14-6-5-12-3-1-2-4-13(12)9-14/h5-11H,1-4H2. The zero-order chi connectivity index (χ0) is 13.2. The molecule has 0 unspecified atom stereocenters. The van der Waals surface area contributed by atoms with Gasteiger partial charge in [0.1, 0.15) is 0 Å². The van der Waals surface area contributed by atoms with Gasteiger partial charge in [-0.2, -0.15) is 0 Å². The summed E-state index contributed by atoms with van der Waals surface area (Å²) in [6.07, 6.45) is 5.73. The molecule has 0 amide bonds. The Kier molecular flexibility index (Phi) is 3.39. The molecule has 0 aliphatic heterocycles. The van der Waals surface area contributed by atoms with Gasteiger partial charge in [-0.05, 0) is 60.1 Å². The lowest BCUT2D eigenvalue weighted by molar-refractivity contribution is 0.112. The summed E-state index contributed by atoms with van der Waals surface area (Å²) in [4.78, 5) is 11.0. The minimum Gasteiger partial charge on any atom is -0.298 e. The van der Waals surface area contributed by atoms with E-state index in [1.54, 1.807) is 6.07 Å². The van der Waals surface area contributed by atoms with E-state index in [2.05, 4.69) is 18.2 Å². The first-order chi connectivity index (χ1) is 9.28. The highest BCUT2D eigenvalue weighted by atomic mass is 35.5. The van der Waals surface area contributed by atoms with Crippen LogP contribution in [0.2, 0.25) is 5.02 Å². The molecule has 1 aliphatic rings. The van der Waals surface area contributed by atoms with E-state index in [9.17, 15) is 4.79 Å². The van der Waals surface area contributed by atoms with Gasteiger partial charge in [0.25, 0.3) is 0 Å². The maximum Gasteiger partial charge on any atom is 0.151 e. The molecule has 19 heavy (non-hydrogen) atoms. The average Bonchev–Trinajstić information content (AvgIpc) is 2.47. The fourth-order valence-electron chi connectivity index (χ4n) is 2.73. The second kappa shape index (κ2) is 5.18. The highest BCUT2D eigenvalue weighted by Gasteiger charge is 2.10. The molecule has 0 saturated carbocycles. The molecule has 2 aromatic rings. The second-order valence-corrected chi connectivity index (χ2v) is 5.45. The van der Waals surface area contributed by atoms with Gasteiger partial charge in [0, 0.05) is 5.56 Å². The van der Waals surface area contributed by atoms with Gasteiger partial charge in [0.2, 0.25) is 0 Å². The number of aryl methyl sites for hydroxylation is 2. The van der Waals surface area contributed by atoms with Crippen LogP contribution in [0.5, 0.6) is 0 Å². The summed E-state index contributed by atoms with van der Waals surface area (Å²) in [7, 11) is 0. The van der Waals surface area contributed by atoms with E-state index in [1.165, 1.54) is 36.0 Å². The summed E-state index contributed by atoms with van der Waals surface area (Å²) >= 11 is 5.97. The SMILES string of the molecule is O=Cc1cc(-c2ccc3c(c2)CCCC3)ccc1Cl. The van der Waals surface area contributed by atoms with E-state index in [4.69, 9.17) is 11.6 Å². The maximum absolute atomic E-state index is 11.0. The van der Waals surface area contributed by atoms with Crippen LogP contribution in [0.1, 0.15) is 34.3 Å². The molecule has 0 heterocycles. The number of rotatable bonds is 2. The molecule has 0 radical (unpaired) electrons. The van der Waals surface area contributed by atoms with Gasteiger partial charge in [-0.25, -0.2) is 0 Å². The van der Waals surface area contributed by atoms with Crippen LogP contribution in [0.25, 0.3) is 11.1 Å². The lowest BCUT2D eigenvalue weighted by atomic mass is 9.89. The number of carbonyl (C=O) groups excluding carboxylic acids is 1. The molecular weight excluding hydrogens is 256 g/mol. The molecule has 1 aliphatic carbocycles. The first-order valence-corrected chi connectivity index (χ1v) is 7.02. The Hall–Kier alpha value is -1.60. The van der Waals surface area contributed by atoms with Gasteiger partial charge in [-0.1, -0.05) is 35.9 Å². The predicted octanol–water partition coefficient (Wildman–Crippen LogP) is 4.70. The Labute approximate surface area is 118 Å². The van der Waals surface area contributed by atoms with Crippen molar-refractivity contribution in [1.82, 2.24) is 0 Å². The minimum absolute atomic E-state index is 0.511. The first-order valence-electron chi connectivity index (χ1n) is 6.65. The van der Waals surface area contributed by atoms with E-state index in [-0.39, 0.29) is 0 Å². The molecule has 0 N–H and O–H groups in total. The monoisotopic (exact) mass is 270 g/mol. The van der Waals surface area contributed by atoms with Crippen molar-refractivity contribution in [1.29, 1.82) is 0 Å². The number of hydrogen-bond donors (Lipinski definition) is 0. The zero-order valence-corrected chi connectivity index (χ0v) is 11.4. The molecule has 2 heteroatoms. The fraction of sp³-hybridized carbons (Fsp3) is 0.235. The van der Waals surface area contributed by atoms with Gasteiger partial charge in [0.15, 0.2) is 6.29 Å². The summed E-state index contributed by atoms with van der Waals surface area (Å²) in [6, 6.07) is 12.2. The van der Waals surface area contributed by atoms with Crippen molar-refractivity contribution in [2.45, 2.75) is 25.7 Å². The number of carbonyl (C=O) groups is 1. The van der Waals surface area contributed by atoms with E-state index in [0.717, 1.165) is 18.3 Å². The first kappa shape index (κ1) is 12.4. The van der Waals surface area contributed by atoms with Crippen molar-refractivity contribution in [3.8, 4) is 11.1 Å². The second-order valence-electron chi connectivity index (χ2n) is 5.04. The van der Waals surface area contributed by atoms with Gasteiger partial charge in [0.05, 0.1) is 5.02 Å². The Balaban J connectivity index is 2.04. The van der Waals surface area contributed by atoms with Crippen LogP contribution in [0.15, 0.2) is 36.4 Å². The third-order valence-electron chi connectivity index (χ3n) is 3.80. The summed E-state index contributed by atoms with van der Waals surface area (Å²) < 4.78 is 0. The summed E-state index contributed by atoms with van der Waals surface area (Å²) in [5.41, 5.74) is 5.70. The Bertz CT molecular complexity index is 631. The number of fused-ring (bicyclic) bond motifs is 1. The number of halogens is 1. The molecule has 96 valence electrons. The largest absolute Gasteiger partial charge is 0.298 e. The van der Waals surface area contributed by atoms with E-state index in [1.807, 2.05) is 12.1 Å². The molecule has 0 fully saturated rings. The summed E-state index contributed by atoms with van der Waals surface area (Å²) in [6.45, 7) is 0. The molecule has 2 aromatic carbocycles. The van der Waals surface area contributed by atoms with E-state index < -0.39 is 0 Å². The van der Waals surface area contributed by atoms with Crippen molar-refractivity contribution in [3.63, 3.8) is 0 Å². The summed E-state index contributed by atoms with van der Waals surface area (Å²) in [5, 5.41) is 0.511. The Morgan fingerprint density at radius 3 is 2.37 bits per heavy atom. The highest BCUT2D eigenvalue weighted by Crippen LogP contribution is 2.29. The lowest BCUT2D eigenvalue weighted by Gasteiger charge is -2.16. The third kappa shape index (κ3) is 2.43. The van der Waals surface area contributed by atoms with Crippen LogP contribution in [0.3, 0.4) is 0 Å². The van der Waals surface area contributed by atoms with Crippen molar-refractivity contribution < 1.29 is 4.79 Å². The quantitative estimate of drug-likeness (QED) is 0.723. The maximum atomic E-state index is 11.0. The summed E-state index contributed by atoms with van der Waals surface area (Å²) in [5.74, 6) is 0. The number of aldehydes is 1. The molecule has 0 spiro atoms. The van der Waals surface area contributed by atoms with Crippen molar-refractivity contribution in [3.05, 3.63) is 58.1 Å². The molecule has 3 rings (SSSR count). The molecular formula is C17H15ClO. The smallest absolute Gasteiger partial charge is 0.151 e. The third-order valence-corrected chi connectivity index (χ3v) is 4.15. The van der Waals surface area contributed by atoms with Crippen LogP contribution < -0.4 is 0 Å². The molecule has 0 aromatic heterocycles. The fourth-order valence-corrected chi connectivity index (χ4v) is 2.89. The molecule has 0 bridgehead atoms. The van der Waals surface area contributed by atoms with E-state index >= 15 is 0 Å². The normalized spacial score (nSPS) is 13.9. The van der Waals surface area contributed by atoms with Crippen molar-refractivity contribution in [2.24, 2.45) is 0 Å². The minimum atomic E-state index is 0.511. The van der Waals surface area contributed by atoms with Gasteiger partial charge < -0.3 is 0 Å². The van der Waals surface area contributed by atoms with Crippen LogP contribution in [0.4, 0.5) is 0 Å². The van der Waals surface area contributed by atoms with Crippen molar-refractivity contribution in [2.75, 3.05) is 0 Å². The van der Waals surface area contributed by atoms with Crippen LogP contribution in [-0.2, 0) is 12.8 Å². The number of hydrogen-bond acceptors (Lipinski definition) is 1.